The third kappa shape index (κ3) is 4.96. The molecule has 1 rings (SSSR count). The van der Waals surface area contributed by atoms with Gasteiger partial charge >= 0.3 is 0 Å². The number of nitrogens with one attached hydrogen (secondary N) is 1. The summed E-state index contributed by atoms with van der Waals surface area (Å²) in [5, 5.41) is 2.94. The SMILES string of the molecule is Cc1cccc(CNC(=O)CCC(C)C)c1. The second-order valence-electron chi connectivity index (χ2n) is 4.70. The van der Waals surface area contributed by atoms with Crippen molar-refractivity contribution in [2.75, 3.05) is 0 Å². The fourth-order valence-corrected chi connectivity index (χ4v) is 1.53. The van der Waals surface area contributed by atoms with Gasteiger partial charge in [0.05, 0.1) is 0 Å². The minimum Gasteiger partial charge on any atom is -0.352 e. The molecular weight excluding hydrogens is 198 g/mol. The zero-order valence-corrected chi connectivity index (χ0v) is 10.4. The van der Waals surface area contributed by atoms with Gasteiger partial charge < -0.3 is 5.32 Å². The number of carbonyl (C=O) groups is 1. The van der Waals surface area contributed by atoms with Gasteiger partial charge in [-0.05, 0) is 24.8 Å². The third-order valence-corrected chi connectivity index (χ3v) is 2.52. The smallest absolute Gasteiger partial charge is 0.220 e. The highest BCUT2D eigenvalue weighted by Crippen LogP contribution is 2.05. The van der Waals surface area contributed by atoms with Gasteiger partial charge in [0.1, 0.15) is 0 Å². The first-order valence-corrected chi connectivity index (χ1v) is 5.90. The maximum absolute atomic E-state index is 11.5. The largest absolute Gasteiger partial charge is 0.352 e. The molecule has 1 aromatic rings. The first-order chi connectivity index (χ1) is 7.58. The average molecular weight is 219 g/mol. The van der Waals surface area contributed by atoms with E-state index >= 15 is 0 Å². The topological polar surface area (TPSA) is 29.1 Å². The monoisotopic (exact) mass is 219 g/mol. The van der Waals surface area contributed by atoms with Gasteiger partial charge in [0.15, 0.2) is 0 Å². The van der Waals surface area contributed by atoms with Crippen molar-refractivity contribution in [1.82, 2.24) is 5.32 Å². The van der Waals surface area contributed by atoms with Gasteiger partial charge in [-0.2, -0.15) is 0 Å². The number of hydrogen-bond donors (Lipinski definition) is 1. The highest BCUT2D eigenvalue weighted by atomic mass is 16.1. The van der Waals surface area contributed by atoms with E-state index in [-0.39, 0.29) is 5.91 Å². The van der Waals surface area contributed by atoms with Crippen LogP contribution in [0.4, 0.5) is 0 Å². The Hall–Kier alpha value is -1.31. The van der Waals surface area contributed by atoms with Crippen LogP contribution in [0, 0.1) is 12.8 Å². The summed E-state index contributed by atoms with van der Waals surface area (Å²) >= 11 is 0. The summed E-state index contributed by atoms with van der Waals surface area (Å²) in [4.78, 5) is 11.5. The first kappa shape index (κ1) is 12.8. The van der Waals surface area contributed by atoms with Gasteiger partial charge in [0.2, 0.25) is 5.91 Å². The van der Waals surface area contributed by atoms with E-state index in [0.717, 1.165) is 12.0 Å². The molecule has 1 aromatic carbocycles. The Morgan fingerprint density at radius 2 is 2.12 bits per heavy atom. The molecule has 0 aliphatic heterocycles. The Bertz CT molecular complexity index is 344. The minimum atomic E-state index is 0.148. The van der Waals surface area contributed by atoms with E-state index in [1.165, 1.54) is 5.56 Å². The molecule has 2 heteroatoms. The highest BCUT2D eigenvalue weighted by molar-refractivity contribution is 5.75. The second-order valence-corrected chi connectivity index (χ2v) is 4.70. The molecule has 0 fully saturated rings. The van der Waals surface area contributed by atoms with Gasteiger partial charge in [-0.15, -0.1) is 0 Å². The van der Waals surface area contributed by atoms with Crippen molar-refractivity contribution < 1.29 is 4.79 Å². The van der Waals surface area contributed by atoms with Crippen LogP contribution in [0.1, 0.15) is 37.8 Å². The van der Waals surface area contributed by atoms with Crippen molar-refractivity contribution in [2.45, 2.75) is 40.2 Å². The lowest BCUT2D eigenvalue weighted by atomic mass is 10.1. The maximum atomic E-state index is 11.5. The standard InChI is InChI=1S/C14H21NO/c1-11(2)7-8-14(16)15-10-13-6-4-5-12(3)9-13/h4-6,9,11H,7-8,10H2,1-3H3,(H,15,16). The lowest BCUT2D eigenvalue weighted by molar-refractivity contribution is -0.121. The van der Waals surface area contributed by atoms with Crippen LogP contribution in [0.2, 0.25) is 0 Å². The van der Waals surface area contributed by atoms with E-state index in [1.54, 1.807) is 0 Å². The Labute approximate surface area is 98.1 Å². The van der Waals surface area contributed by atoms with Crippen LogP contribution in [0.15, 0.2) is 24.3 Å². The average Bonchev–Trinajstić information content (AvgIpc) is 2.23. The number of hydrogen-bond acceptors (Lipinski definition) is 1. The van der Waals surface area contributed by atoms with Crippen LogP contribution in [-0.4, -0.2) is 5.91 Å². The van der Waals surface area contributed by atoms with Gasteiger partial charge in [-0.3, -0.25) is 4.79 Å². The predicted molar refractivity (Wildman–Crippen MR) is 67.1 cm³/mol. The van der Waals surface area contributed by atoms with Gasteiger partial charge in [0, 0.05) is 13.0 Å². The Morgan fingerprint density at radius 1 is 1.38 bits per heavy atom. The first-order valence-electron chi connectivity index (χ1n) is 5.90. The lowest BCUT2D eigenvalue weighted by Gasteiger charge is -2.07. The Morgan fingerprint density at radius 3 is 2.75 bits per heavy atom. The van der Waals surface area contributed by atoms with Crippen molar-refractivity contribution in [3.05, 3.63) is 35.4 Å². The summed E-state index contributed by atoms with van der Waals surface area (Å²) < 4.78 is 0. The molecule has 0 aliphatic carbocycles. The molecule has 0 aliphatic rings. The lowest BCUT2D eigenvalue weighted by Crippen LogP contribution is -2.22. The Balaban J connectivity index is 2.31. The zero-order chi connectivity index (χ0) is 12.0. The summed E-state index contributed by atoms with van der Waals surface area (Å²) in [6, 6.07) is 8.22. The fraction of sp³-hybridized carbons (Fsp3) is 0.500. The number of rotatable bonds is 5. The zero-order valence-electron chi connectivity index (χ0n) is 10.4. The summed E-state index contributed by atoms with van der Waals surface area (Å²) in [6.07, 6.45) is 1.59. The van der Waals surface area contributed by atoms with Crippen LogP contribution in [0.3, 0.4) is 0 Å². The van der Waals surface area contributed by atoms with E-state index in [2.05, 4.69) is 38.2 Å². The highest BCUT2D eigenvalue weighted by Gasteiger charge is 2.02. The van der Waals surface area contributed by atoms with Gasteiger partial charge in [0.25, 0.3) is 0 Å². The summed E-state index contributed by atoms with van der Waals surface area (Å²) in [5.41, 5.74) is 2.40. The van der Waals surface area contributed by atoms with Crippen LogP contribution in [0.5, 0.6) is 0 Å². The normalized spacial score (nSPS) is 10.5. The summed E-state index contributed by atoms with van der Waals surface area (Å²) in [6.45, 7) is 6.96. The summed E-state index contributed by atoms with van der Waals surface area (Å²) in [7, 11) is 0. The molecule has 0 radical (unpaired) electrons. The fourth-order valence-electron chi connectivity index (χ4n) is 1.53. The third-order valence-electron chi connectivity index (χ3n) is 2.52. The molecule has 0 aromatic heterocycles. The molecule has 16 heavy (non-hydrogen) atoms. The van der Waals surface area contributed by atoms with Crippen molar-refractivity contribution in [2.24, 2.45) is 5.92 Å². The molecule has 0 heterocycles. The van der Waals surface area contributed by atoms with Crippen molar-refractivity contribution in [3.63, 3.8) is 0 Å². The maximum Gasteiger partial charge on any atom is 0.220 e. The number of carbonyl (C=O) groups excluding carboxylic acids is 1. The van der Waals surface area contributed by atoms with Crippen LogP contribution >= 0.6 is 0 Å². The molecule has 88 valence electrons. The number of amides is 1. The van der Waals surface area contributed by atoms with Crippen LogP contribution < -0.4 is 5.32 Å². The summed E-state index contributed by atoms with van der Waals surface area (Å²) in [5.74, 6) is 0.736. The molecule has 1 amide bonds. The molecule has 0 saturated carbocycles. The molecule has 0 bridgehead atoms. The molecular formula is C14H21NO. The van der Waals surface area contributed by atoms with E-state index in [0.29, 0.717) is 18.9 Å². The van der Waals surface area contributed by atoms with E-state index in [9.17, 15) is 4.79 Å². The van der Waals surface area contributed by atoms with Crippen molar-refractivity contribution >= 4 is 5.91 Å². The van der Waals surface area contributed by atoms with Crippen molar-refractivity contribution in [1.29, 1.82) is 0 Å². The molecule has 0 atom stereocenters. The van der Waals surface area contributed by atoms with E-state index < -0.39 is 0 Å². The van der Waals surface area contributed by atoms with Gasteiger partial charge in [-0.1, -0.05) is 43.7 Å². The van der Waals surface area contributed by atoms with Crippen molar-refractivity contribution in [3.8, 4) is 0 Å². The van der Waals surface area contributed by atoms with Crippen LogP contribution in [0.25, 0.3) is 0 Å². The van der Waals surface area contributed by atoms with Crippen LogP contribution in [-0.2, 0) is 11.3 Å². The number of benzene rings is 1. The second kappa shape index (κ2) is 6.31. The van der Waals surface area contributed by atoms with E-state index in [1.807, 2.05) is 12.1 Å². The Kier molecular flexibility index (Phi) is 5.03. The molecule has 0 saturated heterocycles. The molecule has 1 N–H and O–H groups in total. The quantitative estimate of drug-likeness (QED) is 0.810. The predicted octanol–water partition coefficient (Wildman–Crippen LogP) is 3.05. The molecule has 2 nitrogen and oxygen atoms in total. The minimum absolute atomic E-state index is 0.148. The number of aryl methyl sites for hydroxylation is 1. The van der Waals surface area contributed by atoms with Gasteiger partial charge in [-0.25, -0.2) is 0 Å². The van der Waals surface area contributed by atoms with E-state index in [4.69, 9.17) is 0 Å². The molecule has 0 unspecified atom stereocenters. The molecule has 0 spiro atoms.